The van der Waals surface area contributed by atoms with Gasteiger partial charge < -0.3 is 19.3 Å². The smallest absolute Gasteiger partial charge is 0.377 e. The molecule has 0 saturated heterocycles. The first-order chi connectivity index (χ1) is 8.15. The third-order valence-electron chi connectivity index (χ3n) is 2.31. The van der Waals surface area contributed by atoms with Crippen LogP contribution in [0.25, 0.3) is 0 Å². The van der Waals surface area contributed by atoms with E-state index in [1.54, 1.807) is 0 Å². The summed E-state index contributed by atoms with van der Waals surface area (Å²) in [7, 11) is 1.34. The van der Waals surface area contributed by atoms with Crippen molar-refractivity contribution < 1.29 is 28.9 Å². The average Bonchev–Trinajstić information content (AvgIpc) is 2.36. The standard InChI is InChI=1S/C11H10O6/c1-15-9-6(8(12)11(13)14)2-3-7-10(9)17-5-4-16-7/h2-3H,4-5H2,1H3,(H,13,14). The number of Topliss-reactive ketones (excluding diaryl/α,β-unsaturated/α-hetero) is 1. The second-order valence-electron chi connectivity index (χ2n) is 3.30. The number of methoxy groups -OCH3 is 1. The van der Waals surface area contributed by atoms with Crippen molar-refractivity contribution >= 4 is 11.8 Å². The summed E-state index contributed by atoms with van der Waals surface area (Å²) >= 11 is 0. The van der Waals surface area contributed by atoms with Crippen molar-refractivity contribution in [2.45, 2.75) is 0 Å². The fourth-order valence-electron chi connectivity index (χ4n) is 1.59. The highest BCUT2D eigenvalue weighted by atomic mass is 16.6. The molecule has 1 aromatic carbocycles. The Kier molecular flexibility index (Phi) is 2.86. The number of aliphatic carboxylic acids is 1. The van der Waals surface area contributed by atoms with Crippen LogP contribution in [0.5, 0.6) is 17.2 Å². The van der Waals surface area contributed by atoms with Crippen LogP contribution in [0.4, 0.5) is 0 Å². The largest absolute Gasteiger partial charge is 0.492 e. The van der Waals surface area contributed by atoms with E-state index in [0.29, 0.717) is 19.0 Å². The summed E-state index contributed by atoms with van der Waals surface area (Å²) in [4.78, 5) is 22.1. The zero-order valence-corrected chi connectivity index (χ0v) is 9.06. The van der Waals surface area contributed by atoms with Crippen molar-refractivity contribution in [1.82, 2.24) is 0 Å². The summed E-state index contributed by atoms with van der Waals surface area (Å²) in [6, 6.07) is 2.84. The van der Waals surface area contributed by atoms with Crippen LogP contribution in [0.3, 0.4) is 0 Å². The van der Waals surface area contributed by atoms with E-state index in [1.165, 1.54) is 19.2 Å². The molecular weight excluding hydrogens is 228 g/mol. The number of carboxylic acids is 1. The third kappa shape index (κ3) is 1.89. The van der Waals surface area contributed by atoms with E-state index < -0.39 is 11.8 Å². The van der Waals surface area contributed by atoms with Crippen molar-refractivity contribution in [3.05, 3.63) is 17.7 Å². The van der Waals surface area contributed by atoms with Gasteiger partial charge in [0.2, 0.25) is 5.75 Å². The highest BCUT2D eigenvalue weighted by molar-refractivity contribution is 6.40. The molecule has 0 fully saturated rings. The van der Waals surface area contributed by atoms with Gasteiger partial charge in [0.25, 0.3) is 5.78 Å². The third-order valence-corrected chi connectivity index (χ3v) is 2.31. The number of benzene rings is 1. The molecule has 1 aliphatic rings. The zero-order valence-electron chi connectivity index (χ0n) is 9.06. The molecule has 0 atom stereocenters. The lowest BCUT2D eigenvalue weighted by Crippen LogP contribution is -2.19. The summed E-state index contributed by atoms with van der Waals surface area (Å²) in [6.07, 6.45) is 0. The van der Waals surface area contributed by atoms with Gasteiger partial charge in [-0.1, -0.05) is 0 Å². The minimum absolute atomic E-state index is 0.0516. The van der Waals surface area contributed by atoms with Crippen LogP contribution in [0.15, 0.2) is 12.1 Å². The van der Waals surface area contributed by atoms with Gasteiger partial charge in [0.15, 0.2) is 11.5 Å². The molecule has 1 aromatic rings. The molecule has 90 valence electrons. The predicted molar refractivity (Wildman–Crippen MR) is 56.0 cm³/mol. The van der Waals surface area contributed by atoms with E-state index in [2.05, 4.69) is 0 Å². The Morgan fingerprint density at radius 2 is 2.00 bits per heavy atom. The number of ketones is 1. The first-order valence-corrected chi connectivity index (χ1v) is 4.89. The summed E-state index contributed by atoms with van der Waals surface area (Å²) < 4.78 is 15.6. The van der Waals surface area contributed by atoms with Gasteiger partial charge in [-0.15, -0.1) is 0 Å². The van der Waals surface area contributed by atoms with Gasteiger partial charge >= 0.3 is 5.97 Å². The molecule has 0 bridgehead atoms. The number of ether oxygens (including phenoxy) is 3. The maximum atomic E-state index is 11.4. The number of carbonyl (C=O) groups is 2. The maximum absolute atomic E-state index is 11.4. The monoisotopic (exact) mass is 238 g/mol. The fourth-order valence-corrected chi connectivity index (χ4v) is 1.59. The van der Waals surface area contributed by atoms with E-state index in [-0.39, 0.29) is 17.1 Å². The Hall–Kier alpha value is -2.24. The summed E-state index contributed by atoms with van der Waals surface area (Å²) in [5, 5.41) is 8.68. The quantitative estimate of drug-likeness (QED) is 0.617. The molecule has 0 aliphatic carbocycles. The molecule has 6 heteroatoms. The molecule has 0 unspecified atom stereocenters. The van der Waals surface area contributed by atoms with Crippen molar-refractivity contribution in [2.24, 2.45) is 0 Å². The lowest BCUT2D eigenvalue weighted by Gasteiger charge is -2.21. The lowest BCUT2D eigenvalue weighted by atomic mass is 10.1. The molecular formula is C11H10O6. The van der Waals surface area contributed by atoms with Gasteiger partial charge in [0.05, 0.1) is 12.7 Å². The number of carbonyl (C=O) groups excluding carboxylic acids is 1. The number of rotatable bonds is 3. The van der Waals surface area contributed by atoms with E-state index in [9.17, 15) is 9.59 Å². The van der Waals surface area contributed by atoms with E-state index in [1.807, 2.05) is 0 Å². The van der Waals surface area contributed by atoms with Crippen LogP contribution in [0, 0.1) is 0 Å². The van der Waals surface area contributed by atoms with Gasteiger partial charge in [0.1, 0.15) is 13.2 Å². The molecule has 0 saturated carbocycles. The second-order valence-corrected chi connectivity index (χ2v) is 3.30. The van der Waals surface area contributed by atoms with E-state index in [0.717, 1.165) is 0 Å². The number of hydrogen-bond donors (Lipinski definition) is 1. The first kappa shape index (κ1) is 11.3. The molecule has 2 rings (SSSR count). The summed E-state index contributed by atoms with van der Waals surface area (Å²) in [5.41, 5.74) is -0.0516. The van der Waals surface area contributed by atoms with Crippen LogP contribution < -0.4 is 14.2 Å². The van der Waals surface area contributed by atoms with Gasteiger partial charge in [-0.05, 0) is 12.1 Å². The zero-order chi connectivity index (χ0) is 12.4. The fraction of sp³-hybridized carbons (Fsp3) is 0.273. The van der Waals surface area contributed by atoms with Crippen LogP contribution in [0.2, 0.25) is 0 Å². The van der Waals surface area contributed by atoms with Crippen molar-refractivity contribution in [1.29, 1.82) is 0 Å². The van der Waals surface area contributed by atoms with E-state index in [4.69, 9.17) is 19.3 Å². The molecule has 17 heavy (non-hydrogen) atoms. The molecule has 1 heterocycles. The minimum Gasteiger partial charge on any atom is -0.492 e. The SMILES string of the molecule is COc1c(C(=O)C(=O)O)ccc2c1OCCO2. The van der Waals surface area contributed by atoms with Gasteiger partial charge in [-0.3, -0.25) is 4.79 Å². The van der Waals surface area contributed by atoms with Crippen LogP contribution in [-0.4, -0.2) is 37.2 Å². The number of hydrogen-bond acceptors (Lipinski definition) is 5. The second kappa shape index (κ2) is 4.32. The Bertz CT molecular complexity index is 479. The summed E-state index contributed by atoms with van der Waals surface area (Å²) in [6.45, 7) is 0.733. The van der Waals surface area contributed by atoms with Crippen molar-refractivity contribution in [3.8, 4) is 17.2 Å². The normalized spacial score (nSPS) is 13.0. The number of fused-ring (bicyclic) bond motifs is 1. The average molecular weight is 238 g/mol. The Morgan fingerprint density at radius 1 is 1.29 bits per heavy atom. The molecule has 0 radical (unpaired) electrons. The highest BCUT2D eigenvalue weighted by Gasteiger charge is 2.26. The topological polar surface area (TPSA) is 82.1 Å². The Balaban J connectivity index is 2.54. The first-order valence-electron chi connectivity index (χ1n) is 4.89. The van der Waals surface area contributed by atoms with Crippen molar-refractivity contribution in [3.63, 3.8) is 0 Å². The Morgan fingerprint density at radius 3 is 2.65 bits per heavy atom. The molecule has 1 N–H and O–H groups in total. The van der Waals surface area contributed by atoms with Gasteiger partial charge in [0, 0.05) is 0 Å². The van der Waals surface area contributed by atoms with Crippen LogP contribution in [0.1, 0.15) is 10.4 Å². The van der Waals surface area contributed by atoms with Crippen LogP contribution >= 0.6 is 0 Å². The Labute approximate surface area is 96.7 Å². The summed E-state index contributed by atoms with van der Waals surface area (Å²) in [5.74, 6) is -1.78. The molecule has 1 aliphatic heterocycles. The predicted octanol–water partition coefficient (Wildman–Crippen LogP) is 0.734. The number of carboxylic acid groups (broad SMARTS) is 1. The van der Waals surface area contributed by atoms with Gasteiger partial charge in [-0.25, -0.2) is 4.79 Å². The minimum atomic E-state index is -1.54. The molecule has 0 spiro atoms. The maximum Gasteiger partial charge on any atom is 0.377 e. The van der Waals surface area contributed by atoms with E-state index >= 15 is 0 Å². The van der Waals surface area contributed by atoms with Crippen molar-refractivity contribution in [2.75, 3.05) is 20.3 Å². The molecule has 0 aromatic heterocycles. The van der Waals surface area contributed by atoms with Crippen LogP contribution in [-0.2, 0) is 4.79 Å². The lowest BCUT2D eigenvalue weighted by molar-refractivity contribution is -0.131. The molecule has 0 amide bonds. The highest BCUT2D eigenvalue weighted by Crippen LogP contribution is 2.41. The molecule has 6 nitrogen and oxygen atoms in total. The van der Waals surface area contributed by atoms with Gasteiger partial charge in [-0.2, -0.15) is 0 Å².